The van der Waals surface area contributed by atoms with E-state index in [-0.39, 0.29) is 0 Å². The summed E-state index contributed by atoms with van der Waals surface area (Å²) in [6.45, 7) is 8.31. The van der Waals surface area contributed by atoms with Crippen LogP contribution < -0.4 is 15.0 Å². The van der Waals surface area contributed by atoms with E-state index in [9.17, 15) is 0 Å². The molecule has 1 atom stereocenters. The molecule has 0 radical (unpaired) electrons. The predicted octanol–water partition coefficient (Wildman–Crippen LogP) is 1.82. The molecule has 1 unspecified atom stereocenters. The zero-order valence-electron chi connectivity index (χ0n) is 13.1. The Bertz CT molecular complexity index is 420. The minimum Gasteiger partial charge on any atom is -0.497 e. The predicted molar refractivity (Wildman–Crippen MR) is 87.2 cm³/mol. The fourth-order valence-electron chi connectivity index (χ4n) is 3.43. The minimum absolute atomic E-state index is 0.853. The van der Waals surface area contributed by atoms with Crippen LogP contribution in [0, 0.1) is 5.92 Å². The molecule has 21 heavy (non-hydrogen) atoms. The third-order valence-corrected chi connectivity index (χ3v) is 4.73. The lowest BCUT2D eigenvalue weighted by atomic mass is 9.99. The highest BCUT2D eigenvalue weighted by molar-refractivity contribution is 5.49. The molecule has 2 aliphatic rings. The maximum atomic E-state index is 5.23. The topological polar surface area (TPSA) is 27.7 Å². The lowest BCUT2D eigenvalue weighted by molar-refractivity contribution is 0.199. The third-order valence-electron chi connectivity index (χ3n) is 4.73. The molecule has 4 heteroatoms. The van der Waals surface area contributed by atoms with E-state index < -0.39 is 0 Å². The van der Waals surface area contributed by atoms with Crippen LogP contribution in [0.2, 0.25) is 0 Å². The summed E-state index contributed by atoms with van der Waals surface area (Å²) < 4.78 is 5.23. The number of methoxy groups -OCH3 is 1. The molecule has 0 spiro atoms. The number of benzene rings is 1. The Morgan fingerprint density at radius 2 is 1.90 bits per heavy atom. The molecule has 1 aromatic carbocycles. The standard InChI is InChI=1S/C17H27N3O/c1-21-17-6-4-16(5-7-17)20-11-9-19(10-12-20)14-15-3-2-8-18-13-15/h4-7,15,18H,2-3,8-14H2,1H3. The van der Waals surface area contributed by atoms with E-state index >= 15 is 0 Å². The van der Waals surface area contributed by atoms with E-state index in [4.69, 9.17) is 4.74 Å². The molecule has 1 aromatic rings. The zero-order chi connectivity index (χ0) is 14.5. The number of nitrogens with zero attached hydrogens (tertiary/aromatic N) is 2. The van der Waals surface area contributed by atoms with Gasteiger partial charge in [0.1, 0.15) is 5.75 Å². The number of rotatable bonds is 4. The van der Waals surface area contributed by atoms with E-state index in [1.54, 1.807) is 7.11 Å². The number of anilines is 1. The Balaban J connectivity index is 1.47. The van der Waals surface area contributed by atoms with Crippen molar-refractivity contribution in [1.29, 1.82) is 0 Å². The van der Waals surface area contributed by atoms with Crippen LogP contribution in [0.5, 0.6) is 5.75 Å². The number of nitrogens with one attached hydrogen (secondary N) is 1. The number of ether oxygens (including phenoxy) is 1. The first-order valence-corrected chi connectivity index (χ1v) is 8.17. The van der Waals surface area contributed by atoms with Crippen LogP contribution in [0.4, 0.5) is 5.69 Å². The van der Waals surface area contributed by atoms with Crippen molar-refractivity contribution in [2.24, 2.45) is 5.92 Å². The summed E-state index contributed by atoms with van der Waals surface area (Å²) in [7, 11) is 1.72. The Hall–Kier alpha value is -1.26. The van der Waals surface area contributed by atoms with Gasteiger partial charge >= 0.3 is 0 Å². The highest BCUT2D eigenvalue weighted by Crippen LogP contribution is 2.21. The molecule has 3 rings (SSSR count). The molecular formula is C17H27N3O. The molecule has 0 aliphatic carbocycles. The maximum absolute atomic E-state index is 5.23. The SMILES string of the molecule is COc1ccc(N2CCN(CC3CCCNC3)CC2)cc1. The maximum Gasteiger partial charge on any atom is 0.119 e. The molecule has 0 aromatic heterocycles. The fraction of sp³-hybridized carbons (Fsp3) is 0.647. The number of piperazine rings is 1. The lowest BCUT2D eigenvalue weighted by Crippen LogP contribution is -2.49. The number of hydrogen-bond donors (Lipinski definition) is 1. The monoisotopic (exact) mass is 289 g/mol. The van der Waals surface area contributed by atoms with Crippen molar-refractivity contribution in [3.63, 3.8) is 0 Å². The Morgan fingerprint density at radius 3 is 2.52 bits per heavy atom. The Labute approximate surface area is 128 Å². The van der Waals surface area contributed by atoms with Gasteiger partial charge in [-0.3, -0.25) is 4.90 Å². The number of piperidine rings is 1. The van der Waals surface area contributed by atoms with E-state index in [0.29, 0.717) is 0 Å². The smallest absolute Gasteiger partial charge is 0.119 e. The fourth-order valence-corrected chi connectivity index (χ4v) is 3.43. The summed E-state index contributed by atoms with van der Waals surface area (Å²) in [5.74, 6) is 1.79. The lowest BCUT2D eigenvalue weighted by Gasteiger charge is -2.38. The van der Waals surface area contributed by atoms with Gasteiger partial charge in [0.15, 0.2) is 0 Å². The second-order valence-electron chi connectivity index (χ2n) is 6.20. The molecule has 0 saturated carbocycles. The van der Waals surface area contributed by atoms with Crippen molar-refractivity contribution >= 4 is 5.69 Å². The second kappa shape index (κ2) is 7.14. The van der Waals surface area contributed by atoms with E-state index in [2.05, 4.69) is 39.4 Å². The summed E-state index contributed by atoms with van der Waals surface area (Å²) in [4.78, 5) is 5.12. The van der Waals surface area contributed by atoms with Gasteiger partial charge in [-0.25, -0.2) is 0 Å². The molecule has 2 saturated heterocycles. The number of hydrogen-bond acceptors (Lipinski definition) is 4. The molecule has 2 heterocycles. The van der Waals surface area contributed by atoms with Gasteiger partial charge < -0.3 is 15.0 Å². The van der Waals surface area contributed by atoms with E-state index in [0.717, 1.165) is 24.8 Å². The first kappa shape index (κ1) is 14.7. The van der Waals surface area contributed by atoms with Crippen LogP contribution in [-0.2, 0) is 0 Å². The van der Waals surface area contributed by atoms with Crippen LogP contribution in [0.25, 0.3) is 0 Å². The summed E-state index contributed by atoms with van der Waals surface area (Å²) in [6.07, 6.45) is 2.74. The van der Waals surface area contributed by atoms with Gasteiger partial charge in [0.2, 0.25) is 0 Å². The summed E-state index contributed by atoms with van der Waals surface area (Å²) in [5, 5.41) is 3.52. The van der Waals surface area contributed by atoms with Crippen LogP contribution in [0.3, 0.4) is 0 Å². The molecule has 0 bridgehead atoms. The van der Waals surface area contributed by atoms with Gasteiger partial charge in [0, 0.05) is 38.4 Å². The van der Waals surface area contributed by atoms with Gasteiger partial charge in [-0.2, -0.15) is 0 Å². The molecule has 1 N–H and O–H groups in total. The Morgan fingerprint density at radius 1 is 1.14 bits per heavy atom. The average molecular weight is 289 g/mol. The molecular weight excluding hydrogens is 262 g/mol. The quantitative estimate of drug-likeness (QED) is 0.915. The Kier molecular flexibility index (Phi) is 4.99. The van der Waals surface area contributed by atoms with Gasteiger partial charge in [0.05, 0.1) is 7.11 Å². The van der Waals surface area contributed by atoms with Crippen LogP contribution in [-0.4, -0.2) is 57.8 Å². The van der Waals surface area contributed by atoms with Gasteiger partial charge in [-0.05, 0) is 56.1 Å². The van der Waals surface area contributed by atoms with Crippen molar-refractivity contribution in [2.45, 2.75) is 12.8 Å². The second-order valence-corrected chi connectivity index (χ2v) is 6.20. The third kappa shape index (κ3) is 3.89. The molecule has 4 nitrogen and oxygen atoms in total. The van der Waals surface area contributed by atoms with Crippen molar-refractivity contribution < 1.29 is 4.74 Å². The van der Waals surface area contributed by atoms with Crippen LogP contribution in [0.1, 0.15) is 12.8 Å². The zero-order valence-corrected chi connectivity index (χ0v) is 13.1. The highest BCUT2D eigenvalue weighted by Gasteiger charge is 2.21. The minimum atomic E-state index is 0.853. The molecule has 0 amide bonds. The first-order chi connectivity index (χ1) is 10.3. The van der Waals surface area contributed by atoms with E-state index in [1.165, 1.54) is 51.3 Å². The van der Waals surface area contributed by atoms with Crippen LogP contribution in [0.15, 0.2) is 24.3 Å². The van der Waals surface area contributed by atoms with Gasteiger partial charge in [-0.15, -0.1) is 0 Å². The van der Waals surface area contributed by atoms with Crippen molar-refractivity contribution in [1.82, 2.24) is 10.2 Å². The molecule has 116 valence electrons. The van der Waals surface area contributed by atoms with Crippen molar-refractivity contribution in [3.8, 4) is 5.75 Å². The summed E-state index contributed by atoms with van der Waals surface area (Å²) >= 11 is 0. The van der Waals surface area contributed by atoms with Gasteiger partial charge in [-0.1, -0.05) is 0 Å². The van der Waals surface area contributed by atoms with Gasteiger partial charge in [0.25, 0.3) is 0 Å². The normalized spacial score (nSPS) is 24.0. The summed E-state index contributed by atoms with van der Waals surface area (Å²) in [5.41, 5.74) is 1.31. The summed E-state index contributed by atoms with van der Waals surface area (Å²) in [6, 6.07) is 8.43. The highest BCUT2D eigenvalue weighted by atomic mass is 16.5. The first-order valence-electron chi connectivity index (χ1n) is 8.17. The van der Waals surface area contributed by atoms with Crippen LogP contribution >= 0.6 is 0 Å². The molecule has 2 fully saturated rings. The van der Waals surface area contributed by atoms with E-state index in [1.807, 2.05) is 0 Å². The van der Waals surface area contributed by atoms with Crippen molar-refractivity contribution in [3.05, 3.63) is 24.3 Å². The van der Waals surface area contributed by atoms with Crippen molar-refractivity contribution in [2.75, 3.05) is 57.8 Å². The average Bonchev–Trinajstić information content (AvgIpc) is 2.57. The largest absolute Gasteiger partial charge is 0.497 e. The molecule has 2 aliphatic heterocycles.